The fourth-order valence-electron chi connectivity index (χ4n) is 2.97. The van der Waals surface area contributed by atoms with Crippen molar-refractivity contribution in [1.29, 1.82) is 0 Å². The summed E-state index contributed by atoms with van der Waals surface area (Å²) in [6.45, 7) is 6.13. The number of hydrazone groups is 1. The maximum absolute atomic E-state index is 12.1. The van der Waals surface area contributed by atoms with E-state index in [9.17, 15) is 4.79 Å². The molecule has 2 N–H and O–H groups in total. The highest BCUT2D eigenvalue weighted by molar-refractivity contribution is 5.99. The Kier molecular flexibility index (Phi) is 6.22. The molecule has 3 aromatic rings. The zero-order valence-corrected chi connectivity index (χ0v) is 16.5. The standard InChI is InChI=1S/C24H25N3O/c1-17-9-14-23(18(2)15-17)25-16-24(28)27-26-19(3)20-10-12-22(13-11-20)21-7-5-4-6-8-21/h4-15,25H,16H2,1-3H3,(H,27,28)/b26-19+. The second-order valence-electron chi connectivity index (χ2n) is 6.85. The van der Waals surface area contributed by atoms with Gasteiger partial charge < -0.3 is 5.32 Å². The molecule has 0 unspecified atom stereocenters. The third-order valence-corrected chi connectivity index (χ3v) is 4.58. The van der Waals surface area contributed by atoms with Crippen molar-refractivity contribution in [2.75, 3.05) is 11.9 Å². The number of rotatable bonds is 6. The average molecular weight is 371 g/mol. The van der Waals surface area contributed by atoms with E-state index in [2.05, 4.69) is 46.2 Å². The van der Waals surface area contributed by atoms with Crippen molar-refractivity contribution in [1.82, 2.24) is 5.43 Å². The lowest BCUT2D eigenvalue weighted by Crippen LogP contribution is -2.27. The van der Waals surface area contributed by atoms with Crippen molar-refractivity contribution in [3.63, 3.8) is 0 Å². The van der Waals surface area contributed by atoms with Crippen molar-refractivity contribution >= 4 is 17.3 Å². The molecule has 0 aliphatic heterocycles. The van der Waals surface area contributed by atoms with Crippen molar-refractivity contribution in [3.8, 4) is 11.1 Å². The molecule has 0 aliphatic rings. The summed E-state index contributed by atoms with van der Waals surface area (Å²) < 4.78 is 0. The second-order valence-corrected chi connectivity index (χ2v) is 6.85. The molecule has 0 spiro atoms. The van der Waals surface area contributed by atoms with Crippen LogP contribution in [-0.2, 0) is 4.79 Å². The van der Waals surface area contributed by atoms with Crippen LogP contribution in [0.4, 0.5) is 5.69 Å². The quantitative estimate of drug-likeness (QED) is 0.477. The maximum atomic E-state index is 12.1. The van der Waals surface area contributed by atoms with Gasteiger partial charge in [-0.25, -0.2) is 5.43 Å². The Morgan fingerprint density at radius 2 is 1.57 bits per heavy atom. The zero-order chi connectivity index (χ0) is 19.9. The molecule has 142 valence electrons. The highest BCUT2D eigenvalue weighted by Crippen LogP contribution is 2.19. The molecule has 3 rings (SSSR count). The molecule has 4 heteroatoms. The van der Waals surface area contributed by atoms with Gasteiger partial charge >= 0.3 is 0 Å². The first-order valence-electron chi connectivity index (χ1n) is 9.33. The highest BCUT2D eigenvalue weighted by atomic mass is 16.2. The van der Waals surface area contributed by atoms with Crippen LogP contribution >= 0.6 is 0 Å². The molecular formula is C24H25N3O. The van der Waals surface area contributed by atoms with Gasteiger partial charge in [-0.1, -0.05) is 72.3 Å². The predicted molar refractivity (Wildman–Crippen MR) is 117 cm³/mol. The molecule has 0 atom stereocenters. The fourth-order valence-corrected chi connectivity index (χ4v) is 2.97. The molecule has 4 nitrogen and oxygen atoms in total. The average Bonchev–Trinajstić information content (AvgIpc) is 2.72. The van der Waals surface area contributed by atoms with E-state index >= 15 is 0 Å². The number of carbonyl (C=O) groups excluding carboxylic acids is 1. The number of hydrogen-bond donors (Lipinski definition) is 2. The topological polar surface area (TPSA) is 53.5 Å². The van der Waals surface area contributed by atoms with Gasteiger partial charge in [0.2, 0.25) is 0 Å². The van der Waals surface area contributed by atoms with E-state index in [-0.39, 0.29) is 12.5 Å². The summed E-state index contributed by atoms with van der Waals surface area (Å²) in [4.78, 5) is 12.1. The Morgan fingerprint density at radius 3 is 2.25 bits per heavy atom. The van der Waals surface area contributed by atoms with E-state index in [0.29, 0.717) is 0 Å². The van der Waals surface area contributed by atoms with Crippen LogP contribution < -0.4 is 10.7 Å². The van der Waals surface area contributed by atoms with Gasteiger partial charge in [0.05, 0.1) is 12.3 Å². The van der Waals surface area contributed by atoms with E-state index in [4.69, 9.17) is 0 Å². The van der Waals surface area contributed by atoms with Crippen LogP contribution in [0.25, 0.3) is 11.1 Å². The van der Waals surface area contributed by atoms with E-state index in [1.54, 1.807) is 0 Å². The number of aryl methyl sites for hydroxylation is 2. The van der Waals surface area contributed by atoms with Crippen molar-refractivity contribution in [2.24, 2.45) is 5.10 Å². The fraction of sp³-hybridized carbons (Fsp3) is 0.167. The first-order chi connectivity index (χ1) is 13.5. The molecule has 3 aromatic carbocycles. The predicted octanol–water partition coefficient (Wildman–Crippen LogP) is 4.92. The zero-order valence-electron chi connectivity index (χ0n) is 16.5. The Bertz CT molecular complexity index is 976. The SMILES string of the molecule is C/C(=N\NC(=O)CNc1ccc(C)cc1C)c1ccc(-c2ccccc2)cc1. The summed E-state index contributed by atoms with van der Waals surface area (Å²) in [6, 6.07) is 24.5. The third-order valence-electron chi connectivity index (χ3n) is 4.58. The number of hydrogen-bond acceptors (Lipinski definition) is 3. The lowest BCUT2D eigenvalue weighted by atomic mass is 10.0. The minimum Gasteiger partial charge on any atom is -0.376 e. The Balaban J connectivity index is 1.56. The van der Waals surface area contributed by atoms with Gasteiger partial charge in [0.1, 0.15) is 0 Å². The Labute approximate surface area is 166 Å². The maximum Gasteiger partial charge on any atom is 0.259 e. The Hall–Kier alpha value is -3.40. The number of nitrogens with one attached hydrogen (secondary N) is 2. The van der Waals surface area contributed by atoms with Crippen LogP contribution in [0.2, 0.25) is 0 Å². The molecule has 0 aliphatic carbocycles. The first kappa shape index (κ1) is 19.4. The number of carbonyl (C=O) groups is 1. The van der Waals surface area contributed by atoms with Crippen molar-refractivity contribution < 1.29 is 4.79 Å². The van der Waals surface area contributed by atoms with Gasteiger partial charge in [-0.2, -0.15) is 5.10 Å². The summed E-state index contributed by atoms with van der Waals surface area (Å²) in [5, 5.41) is 7.37. The molecule has 1 amide bonds. The van der Waals surface area contributed by atoms with Crippen LogP contribution in [0.5, 0.6) is 0 Å². The van der Waals surface area contributed by atoms with Gasteiger partial charge in [0, 0.05) is 5.69 Å². The second kappa shape index (κ2) is 9.00. The van der Waals surface area contributed by atoms with Crippen molar-refractivity contribution in [3.05, 3.63) is 89.5 Å². The number of amides is 1. The Morgan fingerprint density at radius 1 is 0.893 bits per heavy atom. The molecule has 0 saturated carbocycles. The van der Waals surface area contributed by atoms with Gasteiger partial charge in [0.15, 0.2) is 0 Å². The number of anilines is 1. The van der Waals surface area contributed by atoms with Crippen LogP contribution in [-0.4, -0.2) is 18.2 Å². The monoisotopic (exact) mass is 371 g/mol. The molecule has 0 fully saturated rings. The first-order valence-corrected chi connectivity index (χ1v) is 9.33. The minimum absolute atomic E-state index is 0.174. The summed E-state index contributed by atoms with van der Waals surface area (Å²) in [6.07, 6.45) is 0. The lowest BCUT2D eigenvalue weighted by Gasteiger charge is -2.09. The molecule has 0 aromatic heterocycles. The molecule has 0 heterocycles. The normalized spacial score (nSPS) is 11.2. The van der Waals surface area contributed by atoms with E-state index < -0.39 is 0 Å². The van der Waals surface area contributed by atoms with E-state index in [1.165, 1.54) is 11.1 Å². The highest BCUT2D eigenvalue weighted by Gasteiger charge is 2.04. The minimum atomic E-state index is -0.180. The van der Waals surface area contributed by atoms with Gasteiger partial charge in [0.25, 0.3) is 5.91 Å². The van der Waals surface area contributed by atoms with Gasteiger partial charge in [-0.05, 0) is 49.1 Å². The smallest absolute Gasteiger partial charge is 0.259 e. The molecular weight excluding hydrogens is 346 g/mol. The summed E-state index contributed by atoms with van der Waals surface area (Å²) in [5.74, 6) is -0.180. The van der Waals surface area contributed by atoms with Gasteiger partial charge in [-0.3, -0.25) is 4.79 Å². The summed E-state index contributed by atoms with van der Waals surface area (Å²) in [5.41, 5.74) is 9.95. The van der Waals surface area contributed by atoms with Gasteiger partial charge in [-0.15, -0.1) is 0 Å². The number of benzene rings is 3. The molecule has 0 saturated heterocycles. The third kappa shape index (κ3) is 5.07. The van der Waals surface area contributed by atoms with Crippen LogP contribution in [0.1, 0.15) is 23.6 Å². The summed E-state index contributed by atoms with van der Waals surface area (Å²) in [7, 11) is 0. The van der Waals surface area contributed by atoms with Crippen LogP contribution in [0, 0.1) is 13.8 Å². The molecule has 0 radical (unpaired) electrons. The van der Waals surface area contributed by atoms with Crippen LogP contribution in [0.15, 0.2) is 77.9 Å². The lowest BCUT2D eigenvalue weighted by molar-refractivity contribution is -0.119. The largest absolute Gasteiger partial charge is 0.376 e. The summed E-state index contributed by atoms with van der Waals surface area (Å²) >= 11 is 0. The molecule has 0 bridgehead atoms. The molecule has 28 heavy (non-hydrogen) atoms. The van der Waals surface area contributed by atoms with E-state index in [1.807, 2.05) is 63.2 Å². The number of nitrogens with zero attached hydrogens (tertiary/aromatic N) is 1. The van der Waals surface area contributed by atoms with Crippen molar-refractivity contribution in [2.45, 2.75) is 20.8 Å². The van der Waals surface area contributed by atoms with E-state index in [0.717, 1.165) is 28.1 Å². The van der Waals surface area contributed by atoms with Crippen LogP contribution in [0.3, 0.4) is 0 Å².